The first-order valence-corrected chi connectivity index (χ1v) is 13.0. The number of primary amides is 1. The van der Waals surface area contributed by atoms with Crippen molar-refractivity contribution in [1.29, 1.82) is 0 Å². The predicted octanol–water partition coefficient (Wildman–Crippen LogP) is 2.30. The van der Waals surface area contributed by atoms with Crippen molar-refractivity contribution in [2.24, 2.45) is 5.73 Å². The topological polar surface area (TPSA) is 120 Å². The fourth-order valence-corrected chi connectivity index (χ4v) is 4.58. The van der Waals surface area contributed by atoms with Gasteiger partial charge in [0.1, 0.15) is 18.7 Å². The van der Waals surface area contributed by atoms with Crippen molar-refractivity contribution in [3.8, 4) is 0 Å². The van der Waals surface area contributed by atoms with Crippen LogP contribution >= 0.6 is 0 Å². The number of carbonyl (C=O) groups is 3. The molecule has 2 heterocycles. The lowest BCUT2D eigenvalue weighted by atomic mass is 9.78. The van der Waals surface area contributed by atoms with Crippen LogP contribution in [0.25, 0.3) is 0 Å². The number of ether oxygens (including phenoxy) is 1. The standard InChI is InChI=1S/C28H36BN3O6/c1-27(2)28(3,4)38-29(37-27)21-14-12-19(13-15-21)17-22(24(30)33)31-25(34)23-11-8-16-32(23)26(35)36-18-20-9-6-5-7-10-20/h5-7,9-10,12-15,22-23H,8,11,16-18H2,1-4H3,(H2,30,33)(H,31,34)/t22-,23+/m0/s1. The van der Waals surface area contributed by atoms with Crippen molar-refractivity contribution in [3.63, 3.8) is 0 Å². The molecule has 0 spiro atoms. The summed E-state index contributed by atoms with van der Waals surface area (Å²) in [7, 11) is -0.490. The van der Waals surface area contributed by atoms with E-state index in [-0.39, 0.29) is 13.0 Å². The van der Waals surface area contributed by atoms with Gasteiger partial charge in [0.25, 0.3) is 0 Å². The van der Waals surface area contributed by atoms with E-state index in [4.69, 9.17) is 19.8 Å². The molecule has 202 valence electrons. The van der Waals surface area contributed by atoms with Crippen LogP contribution in [0.4, 0.5) is 4.79 Å². The summed E-state index contributed by atoms with van der Waals surface area (Å²) in [5, 5.41) is 2.74. The van der Waals surface area contributed by atoms with E-state index in [1.807, 2.05) is 82.3 Å². The Morgan fingerprint density at radius 2 is 1.66 bits per heavy atom. The molecule has 4 rings (SSSR count). The molecule has 2 saturated heterocycles. The van der Waals surface area contributed by atoms with Gasteiger partial charge in [-0.1, -0.05) is 54.6 Å². The molecule has 2 fully saturated rings. The quantitative estimate of drug-likeness (QED) is 0.515. The van der Waals surface area contributed by atoms with Crippen LogP contribution < -0.4 is 16.5 Å². The number of hydrogen-bond donors (Lipinski definition) is 2. The number of nitrogens with two attached hydrogens (primary N) is 1. The van der Waals surface area contributed by atoms with E-state index >= 15 is 0 Å². The smallest absolute Gasteiger partial charge is 0.445 e. The van der Waals surface area contributed by atoms with E-state index in [2.05, 4.69) is 5.32 Å². The van der Waals surface area contributed by atoms with Gasteiger partial charge in [0.05, 0.1) is 11.2 Å². The highest BCUT2D eigenvalue weighted by atomic mass is 16.7. The average Bonchev–Trinajstić information content (AvgIpc) is 3.45. The minimum Gasteiger partial charge on any atom is -0.445 e. The van der Waals surface area contributed by atoms with Gasteiger partial charge >= 0.3 is 13.2 Å². The zero-order valence-electron chi connectivity index (χ0n) is 22.4. The van der Waals surface area contributed by atoms with Crippen LogP contribution in [-0.4, -0.2) is 59.8 Å². The molecule has 3 amide bonds. The van der Waals surface area contributed by atoms with Crippen LogP contribution in [0.2, 0.25) is 0 Å². The normalized spacial score (nSPS) is 20.7. The molecule has 38 heavy (non-hydrogen) atoms. The molecule has 0 saturated carbocycles. The average molecular weight is 521 g/mol. The molecule has 2 atom stereocenters. The molecule has 0 radical (unpaired) electrons. The lowest BCUT2D eigenvalue weighted by Crippen LogP contribution is -2.53. The highest BCUT2D eigenvalue weighted by molar-refractivity contribution is 6.62. The largest absolute Gasteiger partial charge is 0.494 e. The molecular formula is C28H36BN3O6. The van der Waals surface area contributed by atoms with Crippen LogP contribution in [0, 0.1) is 0 Å². The summed E-state index contributed by atoms with van der Waals surface area (Å²) in [6.45, 7) is 8.52. The molecule has 2 aliphatic heterocycles. The van der Waals surface area contributed by atoms with Crippen LogP contribution in [0.5, 0.6) is 0 Å². The Labute approximate surface area is 224 Å². The summed E-state index contributed by atoms with van der Waals surface area (Å²) in [4.78, 5) is 39.4. The van der Waals surface area contributed by atoms with Gasteiger partial charge in [-0.05, 0) is 57.1 Å². The van der Waals surface area contributed by atoms with Crippen LogP contribution in [0.3, 0.4) is 0 Å². The van der Waals surface area contributed by atoms with Gasteiger partial charge in [0.2, 0.25) is 11.8 Å². The number of benzene rings is 2. The predicted molar refractivity (Wildman–Crippen MR) is 143 cm³/mol. The van der Waals surface area contributed by atoms with E-state index in [9.17, 15) is 14.4 Å². The molecule has 9 nitrogen and oxygen atoms in total. The number of nitrogens with one attached hydrogen (secondary N) is 1. The lowest BCUT2D eigenvalue weighted by molar-refractivity contribution is -0.130. The zero-order valence-corrected chi connectivity index (χ0v) is 22.4. The highest BCUT2D eigenvalue weighted by Crippen LogP contribution is 2.36. The van der Waals surface area contributed by atoms with Crippen molar-refractivity contribution in [1.82, 2.24) is 10.2 Å². The van der Waals surface area contributed by atoms with Crippen LogP contribution in [0.15, 0.2) is 54.6 Å². The van der Waals surface area contributed by atoms with Crippen molar-refractivity contribution in [2.75, 3.05) is 6.54 Å². The molecule has 0 bridgehead atoms. The Balaban J connectivity index is 1.35. The molecule has 2 aromatic carbocycles. The summed E-state index contributed by atoms with van der Waals surface area (Å²) in [6, 6.07) is 15.2. The number of likely N-dealkylation sites (tertiary alicyclic amines) is 1. The fourth-order valence-electron chi connectivity index (χ4n) is 4.58. The van der Waals surface area contributed by atoms with Gasteiger partial charge in [0.15, 0.2) is 0 Å². The van der Waals surface area contributed by atoms with Crippen molar-refractivity contribution >= 4 is 30.5 Å². The first kappa shape index (κ1) is 27.7. The Bertz CT molecular complexity index is 1140. The molecule has 0 aromatic heterocycles. The molecule has 10 heteroatoms. The van der Waals surface area contributed by atoms with Crippen molar-refractivity contribution in [3.05, 3.63) is 65.7 Å². The Hall–Kier alpha value is -3.37. The lowest BCUT2D eigenvalue weighted by Gasteiger charge is -2.32. The summed E-state index contributed by atoms with van der Waals surface area (Å²) < 4.78 is 17.6. The summed E-state index contributed by atoms with van der Waals surface area (Å²) in [5.74, 6) is -1.07. The third kappa shape index (κ3) is 6.19. The van der Waals surface area contributed by atoms with E-state index in [1.165, 1.54) is 4.90 Å². The fraction of sp³-hybridized carbons (Fsp3) is 0.464. The second kappa shape index (κ2) is 11.2. The maximum Gasteiger partial charge on any atom is 0.494 e. The van der Waals surface area contributed by atoms with Crippen molar-refractivity contribution in [2.45, 2.75) is 76.9 Å². The van der Waals surface area contributed by atoms with E-state index < -0.39 is 48.3 Å². The zero-order chi connectivity index (χ0) is 27.5. The maximum atomic E-state index is 13.1. The molecule has 0 aliphatic carbocycles. The number of rotatable bonds is 8. The van der Waals surface area contributed by atoms with Crippen LogP contribution in [-0.2, 0) is 36.7 Å². The minimum absolute atomic E-state index is 0.121. The number of amides is 3. The van der Waals surface area contributed by atoms with E-state index in [1.54, 1.807) is 0 Å². The van der Waals surface area contributed by atoms with Gasteiger partial charge in [-0.25, -0.2) is 4.79 Å². The SMILES string of the molecule is CC1(C)OB(c2ccc(C[C@H](NC(=O)[C@H]3CCCN3C(=O)OCc3ccccc3)C(N)=O)cc2)OC1(C)C. The second-order valence-electron chi connectivity index (χ2n) is 10.9. The monoisotopic (exact) mass is 521 g/mol. The first-order chi connectivity index (χ1) is 18.0. The van der Waals surface area contributed by atoms with E-state index in [0.717, 1.165) is 16.6 Å². The van der Waals surface area contributed by atoms with Crippen molar-refractivity contribution < 1.29 is 28.4 Å². The van der Waals surface area contributed by atoms with Gasteiger partial charge in [-0.2, -0.15) is 0 Å². The van der Waals surface area contributed by atoms with Crippen LogP contribution in [0.1, 0.15) is 51.7 Å². The summed E-state index contributed by atoms with van der Waals surface area (Å²) in [6.07, 6.45) is 0.816. The Kier molecular flexibility index (Phi) is 8.13. The number of carbonyl (C=O) groups excluding carboxylic acids is 3. The van der Waals surface area contributed by atoms with Gasteiger partial charge in [-0.15, -0.1) is 0 Å². The number of hydrogen-bond acceptors (Lipinski definition) is 6. The molecular weight excluding hydrogens is 485 g/mol. The summed E-state index contributed by atoms with van der Waals surface area (Å²) >= 11 is 0. The molecule has 2 aliphatic rings. The van der Waals surface area contributed by atoms with Gasteiger partial charge in [-0.3, -0.25) is 14.5 Å². The molecule has 0 unspecified atom stereocenters. The molecule has 2 aromatic rings. The summed E-state index contributed by atoms with van der Waals surface area (Å²) in [5.41, 5.74) is 7.28. The first-order valence-electron chi connectivity index (χ1n) is 13.0. The Morgan fingerprint density at radius 1 is 1.03 bits per heavy atom. The minimum atomic E-state index is -0.923. The highest BCUT2D eigenvalue weighted by Gasteiger charge is 2.51. The Morgan fingerprint density at radius 3 is 2.26 bits per heavy atom. The van der Waals surface area contributed by atoms with E-state index in [0.29, 0.717) is 19.4 Å². The molecule has 3 N–H and O–H groups in total. The second-order valence-corrected chi connectivity index (χ2v) is 10.9. The van der Waals surface area contributed by atoms with Gasteiger partial charge in [0, 0.05) is 13.0 Å². The maximum absolute atomic E-state index is 13.1. The third-order valence-corrected chi connectivity index (χ3v) is 7.60. The van der Waals surface area contributed by atoms with Gasteiger partial charge < -0.3 is 25.1 Å². The number of nitrogens with zero attached hydrogens (tertiary/aromatic N) is 1. The third-order valence-electron chi connectivity index (χ3n) is 7.60.